The van der Waals surface area contributed by atoms with Crippen molar-refractivity contribution in [2.45, 2.75) is 32.1 Å². The van der Waals surface area contributed by atoms with E-state index < -0.39 is 12.1 Å². The van der Waals surface area contributed by atoms with E-state index in [4.69, 9.17) is 5.73 Å². The first-order chi connectivity index (χ1) is 7.00. The molecule has 15 heavy (non-hydrogen) atoms. The van der Waals surface area contributed by atoms with E-state index in [0.717, 1.165) is 0 Å². The SMILES string of the molecule is NCc1nc2n(n1)CC(C(F)(F)F)CC2. The van der Waals surface area contributed by atoms with Crippen LogP contribution in [0.25, 0.3) is 0 Å². The lowest BCUT2D eigenvalue weighted by atomic mass is 9.99. The molecule has 0 saturated heterocycles. The van der Waals surface area contributed by atoms with E-state index in [1.165, 1.54) is 4.68 Å². The van der Waals surface area contributed by atoms with Gasteiger partial charge in [-0.2, -0.15) is 18.3 Å². The molecule has 7 heteroatoms. The van der Waals surface area contributed by atoms with E-state index in [0.29, 0.717) is 18.1 Å². The maximum atomic E-state index is 12.4. The third kappa shape index (κ3) is 1.97. The molecule has 0 amide bonds. The van der Waals surface area contributed by atoms with E-state index >= 15 is 0 Å². The highest BCUT2D eigenvalue weighted by molar-refractivity contribution is 4.97. The second kappa shape index (κ2) is 3.48. The summed E-state index contributed by atoms with van der Waals surface area (Å²) in [5.41, 5.74) is 5.32. The number of fused-ring (bicyclic) bond motifs is 1. The number of aromatic nitrogens is 3. The summed E-state index contributed by atoms with van der Waals surface area (Å²) in [5, 5.41) is 3.91. The van der Waals surface area contributed by atoms with Crippen LogP contribution in [0.3, 0.4) is 0 Å². The third-order valence-electron chi connectivity index (χ3n) is 2.55. The molecule has 1 aromatic rings. The van der Waals surface area contributed by atoms with Gasteiger partial charge in [0, 0.05) is 6.42 Å². The van der Waals surface area contributed by atoms with Crippen LogP contribution in [0.5, 0.6) is 0 Å². The largest absolute Gasteiger partial charge is 0.393 e. The molecular formula is C8H11F3N4. The highest BCUT2D eigenvalue weighted by atomic mass is 19.4. The normalized spacial score (nSPS) is 21.5. The number of rotatable bonds is 1. The zero-order valence-electron chi connectivity index (χ0n) is 7.96. The molecule has 0 saturated carbocycles. The van der Waals surface area contributed by atoms with Crippen LogP contribution in [0.2, 0.25) is 0 Å². The predicted octanol–water partition coefficient (Wildman–Crippen LogP) is 0.861. The van der Waals surface area contributed by atoms with Crippen molar-refractivity contribution in [2.75, 3.05) is 0 Å². The van der Waals surface area contributed by atoms with E-state index in [1.54, 1.807) is 0 Å². The van der Waals surface area contributed by atoms with Gasteiger partial charge < -0.3 is 5.73 Å². The molecule has 0 radical (unpaired) electrons. The summed E-state index contributed by atoms with van der Waals surface area (Å²) in [6, 6.07) is 0. The van der Waals surface area contributed by atoms with Crippen molar-refractivity contribution in [3.05, 3.63) is 11.6 Å². The molecule has 1 aromatic heterocycles. The second-order valence-electron chi connectivity index (χ2n) is 3.61. The lowest BCUT2D eigenvalue weighted by Gasteiger charge is -2.24. The predicted molar refractivity (Wildman–Crippen MR) is 45.8 cm³/mol. The average molecular weight is 220 g/mol. The van der Waals surface area contributed by atoms with Gasteiger partial charge in [0.15, 0.2) is 5.82 Å². The van der Waals surface area contributed by atoms with Gasteiger partial charge in [0.05, 0.1) is 19.0 Å². The minimum Gasteiger partial charge on any atom is -0.324 e. The van der Waals surface area contributed by atoms with E-state index in [2.05, 4.69) is 10.1 Å². The lowest BCUT2D eigenvalue weighted by molar-refractivity contribution is -0.182. The summed E-state index contributed by atoms with van der Waals surface area (Å²) in [4.78, 5) is 4.05. The molecule has 0 aromatic carbocycles. The van der Waals surface area contributed by atoms with Gasteiger partial charge in [-0.3, -0.25) is 0 Å². The van der Waals surface area contributed by atoms with E-state index in [9.17, 15) is 13.2 Å². The maximum absolute atomic E-state index is 12.4. The van der Waals surface area contributed by atoms with E-state index in [-0.39, 0.29) is 19.5 Å². The van der Waals surface area contributed by atoms with Crippen LogP contribution in [0, 0.1) is 5.92 Å². The Morgan fingerprint density at radius 1 is 1.47 bits per heavy atom. The summed E-state index contributed by atoms with van der Waals surface area (Å²) in [6.07, 6.45) is -3.74. The van der Waals surface area contributed by atoms with Gasteiger partial charge in [0.2, 0.25) is 0 Å². The van der Waals surface area contributed by atoms with Crippen molar-refractivity contribution >= 4 is 0 Å². The molecule has 1 aliphatic rings. The number of nitrogens with two attached hydrogens (primary N) is 1. The Labute approximate surface area is 84.3 Å². The lowest BCUT2D eigenvalue weighted by Crippen LogP contribution is -2.32. The monoisotopic (exact) mass is 220 g/mol. The molecule has 2 N–H and O–H groups in total. The molecule has 4 nitrogen and oxygen atoms in total. The third-order valence-corrected chi connectivity index (χ3v) is 2.55. The minimum absolute atomic E-state index is 0.0895. The van der Waals surface area contributed by atoms with Crippen molar-refractivity contribution in [2.24, 2.45) is 11.7 Å². The smallest absolute Gasteiger partial charge is 0.324 e. The number of hydrogen-bond donors (Lipinski definition) is 1. The molecule has 2 heterocycles. The maximum Gasteiger partial charge on any atom is 0.393 e. The topological polar surface area (TPSA) is 56.7 Å². The number of aryl methyl sites for hydroxylation is 1. The van der Waals surface area contributed by atoms with Crippen LogP contribution in [-0.2, 0) is 19.5 Å². The van der Waals surface area contributed by atoms with Crippen LogP contribution < -0.4 is 5.73 Å². The first-order valence-corrected chi connectivity index (χ1v) is 4.70. The first kappa shape index (κ1) is 10.4. The molecular weight excluding hydrogens is 209 g/mol. The Kier molecular flexibility index (Phi) is 2.41. The molecule has 84 valence electrons. The number of halogens is 3. The first-order valence-electron chi connectivity index (χ1n) is 4.70. The molecule has 0 bridgehead atoms. The van der Waals surface area contributed by atoms with Gasteiger partial charge in [-0.25, -0.2) is 9.67 Å². The fourth-order valence-corrected chi connectivity index (χ4v) is 1.71. The van der Waals surface area contributed by atoms with Gasteiger partial charge >= 0.3 is 6.18 Å². The summed E-state index contributed by atoms with van der Waals surface area (Å²) in [7, 11) is 0. The average Bonchev–Trinajstić information content (AvgIpc) is 2.57. The molecule has 1 atom stereocenters. The minimum atomic E-state index is -4.15. The number of hydrogen-bond acceptors (Lipinski definition) is 3. The Bertz CT molecular complexity index is 357. The molecule has 0 aliphatic carbocycles. The molecule has 0 spiro atoms. The van der Waals surface area contributed by atoms with Crippen molar-refractivity contribution in [3.63, 3.8) is 0 Å². The zero-order chi connectivity index (χ0) is 11.1. The Morgan fingerprint density at radius 3 is 2.80 bits per heavy atom. The summed E-state index contributed by atoms with van der Waals surface area (Å²) < 4.78 is 38.6. The summed E-state index contributed by atoms with van der Waals surface area (Å²) in [6.45, 7) is 0.0303. The zero-order valence-corrected chi connectivity index (χ0v) is 7.96. The standard InChI is InChI=1S/C8H11F3N4/c9-8(10,11)5-1-2-7-13-6(3-12)14-15(7)4-5/h5H,1-4,12H2. The second-order valence-corrected chi connectivity index (χ2v) is 3.61. The van der Waals surface area contributed by atoms with Crippen LogP contribution in [0.4, 0.5) is 13.2 Å². The van der Waals surface area contributed by atoms with Gasteiger partial charge in [-0.15, -0.1) is 0 Å². The summed E-state index contributed by atoms with van der Waals surface area (Å²) in [5.74, 6) is -0.291. The fraction of sp³-hybridized carbons (Fsp3) is 0.750. The van der Waals surface area contributed by atoms with Crippen LogP contribution in [0.1, 0.15) is 18.1 Å². The van der Waals surface area contributed by atoms with Gasteiger partial charge in [0.25, 0.3) is 0 Å². The summed E-state index contributed by atoms with van der Waals surface area (Å²) >= 11 is 0. The fourth-order valence-electron chi connectivity index (χ4n) is 1.71. The Hall–Kier alpha value is -1.11. The Balaban J connectivity index is 2.19. The van der Waals surface area contributed by atoms with E-state index in [1.807, 2.05) is 0 Å². The molecule has 1 unspecified atom stereocenters. The molecule has 1 aliphatic heterocycles. The highest BCUT2D eigenvalue weighted by Gasteiger charge is 2.42. The molecule has 0 fully saturated rings. The van der Waals surface area contributed by atoms with Crippen LogP contribution in [-0.4, -0.2) is 20.9 Å². The van der Waals surface area contributed by atoms with Gasteiger partial charge in [-0.1, -0.05) is 0 Å². The number of nitrogens with zero attached hydrogens (tertiary/aromatic N) is 3. The van der Waals surface area contributed by atoms with Crippen LogP contribution >= 0.6 is 0 Å². The molecule has 2 rings (SSSR count). The van der Waals surface area contributed by atoms with Crippen LogP contribution in [0.15, 0.2) is 0 Å². The van der Waals surface area contributed by atoms with Crippen molar-refractivity contribution in [1.82, 2.24) is 14.8 Å². The van der Waals surface area contributed by atoms with Crippen molar-refractivity contribution in [3.8, 4) is 0 Å². The van der Waals surface area contributed by atoms with Crippen molar-refractivity contribution < 1.29 is 13.2 Å². The van der Waals surface area contributed by atoms with Gasteiger partial charge in [0.1, 0.15) is 5.82 Å². The quantitative estimate of drug-likeness (QED) is 0.763. The van der Waals surface area contributed by atoms with Crippen molar-refractivity contribution in [1.29, 1.82) is 0 Å². The number of alkyl halides is 3. The highest BCUT2D eigenvalue weighted by Crippen LogP contribution is 2.33. The van der Waals surface area contributed by atoms with Gasteiger partial charge in [-0.05, 0) is 6.42 Å². The Morgan fingerprint density at radius 2 is 2.20 bits per heavy atom.